The largest absolute Gasteiger partial charge is 0.368 e. The van der Waals surface area contributed by atoms with Crippen molar-refractivity contribution in [3.63, 3.8) is 0 Å². The number of likely N-dealkylation sites (tertiary alicyclic amines) is 1. The molecule has 128 valence electrons. The number of hydrogen-bond donors (Lipinski definition) is 1. The Kier molecular flexibility index (Phi) is 3.84. The molecule has 0 radical (unpaired) electrons. The molecule has 0 aliphatic carbocycles. The van der Waals surface area contributed by atoms with E-state index < -0.39 is 5.54 Å². The summed E-state index contributed by atoms with van der Waals surface area (Å²) in [6.45, 7) is 3.52. The number of nitrogens with two attached hydrogens (primary N) is 1. The van der Waals surface area contributed by atoms with Crippen LogP contribution in [0, 0.1) is 0 Å². The van der Waals surface area contributed by atoms with E-state index >= 15 is 0 Å². The number of piperidine rings is 2. The summed E-state index contributed by atoms with van der Waals surface area (Å²) in [7, 11) is 0. The van der Waals surface area contributed by atoms with Crippen molar-refractivity contribution in [1.29, 1.82) is 0 Å². The van der Waals surface area contributed by atoms with Gasteiger partial charge in [-0.15, -0.1) is 15.3 Å². The molecule has 2 fully saturated rings. The third-order valence-electron chi connectivity index (χ3n) is 5.48. The van der Waals surface area contributed by atoms with Crippen molar-refractivity contribution in [1.82, 2.24) is 24.7 Å². The quantitative estimate of drug-likeness (QED) is 0.878. The van der Waals surface area contributed by atoms with Crippen molar-refractivity contribution in [3.8, 4) is 0 Å². The second-order valence-electron chi connectivity index (χ2n) is 6.76. The minimum atomic E-state index is -0.489. The van der Waals surface area contributed by atoms with Gasteiger partial charge >= 0.3 is 0 Å². The smallest absolute Gasteiger partial charge is 0.238 e. The molecule has 0 atom stereocenters. The highest BCUT2D eigenvalue weighted by molar-refractivity contribution is 5.85. The van der Waals surface area contributed by atoms with Crippen LogP contribution in [0.3, 0.4) is 0 Å². The molecule has 0 aromatic carbocycles. The lowest BCUT2D eigenvalue weighted by Crippen LogP contribution is -2.63. The topological polar surface area (TPSA) is 92.7 Å². The molecule has 24 heavy (non-hydrogen) atoms. The molecule has 2 aliphatic rings. The van der Waals surface area contributed by atoms with Gasteiger partial charge in [0.25, 0.3) is 0 Å². The maximum Gasteiger partial charge on any atom is 0.238 e. The Morgan fingerprint density at radius 2 is 1.83 bits per heavy atom. The SMILES string of the molecule is NC(=O)C1(N2CCCCC2)CCN(c2ccc3nncn3n2)CC1. The minimum absolute atomic E-state index is 0.175. The zero-order valence-corrected chi connectivity index (χ0v) is 13.8. The molecule has 4 rings (SSSR count). The molecule has 8 nitrogen and oxygen atoms in total. The van der Waals surface area contributed by atoms with Gasteiger partial charge in [-0.25, -0.2) is 0 Å². The van der Waals surface area contributed by atoms with Gasteiger partial charge in [-0.2, -0.15) is 4.52 Å². The summed E-state index contributed by atoms with van der Waals surface area (Å²) in [5.74, 6) is 0.713. The standard InChI is InChI=1S/C16H23N7O/c17-15(24)16(22-8-2-1-3-9-22)6-10-21(11-7-16)14-5-4-13-19-18-12-23(13)20-14/h4-5,12H,1-3,6-11H2,(H2,17,24). The molecule has 2 aromatic rings. The number of nitrogens with zero attached hydrogens (tertiary/aromatic N) is 6. The average molecular weight is 329 g/mol. The Labute approximate surface area is 140 Å². The summed E-state index contributed by atoms with van der Waals surface area (Å²) in [6, 6.07) is 3.87. The Morgan fingerprint density at radius 1 is 1.08 bits per heavy atom. The van der Waals surface area contributed by atoms with Gasteiger partial charge in [0.2, 0.25) is 5.91 Å². The maximum absolute atomic E-state index is 12.3. The first-order valence-corrected chi connectivity index (χ1v) is 8.66. The van der Waals surface area contributed by atoms with Crippen LogP contribution in [0.25, 0.3) is 5.65 Å². The molecule has 0 bridgehead atoms. The molecule has 0 spiro atoms. The van der Waals surface area contributed by atoms with Crippen LogP contribution in [-0.2, 0) is 4.79 Å². The molecule has 2 N–H and O–H groups in total. The maximum atomic E-state index is 12.3. The first kappa shape index (κ1) is 15.3. The van der Waals surface area contributed by atoms with Gasteiger partial charge in [-0.1, -0.05) is 6.42 Å². The van der Waals surface area contributed by atoms with Gasteiger partial charge in [0.05, 0.1) is 0 Å². The number of primary amides is 1. The zero-order chi connectivity index (χ0) is 16.6. The van der Waals surface area contributed by atoms with Crippen LogP contribution in [-0.4, -0.2) is 62.3 Å². The van der Waals surface area contributed by atoms with Crippen LogP contribution in [0.2, 0.25) is 0 Å². The summed E-state index contributed by atoms with van der Waals surface area (Å²) in [4.78, 5) is 16.8. The third-order valence-corrected chi connectivity index (χ3v) is 5.48. The number of carbonyl (C=O) groups is 1. The highest BCUT2D eigenvalue weighted by Crippen LogP contribution is 2.32. The summed E-state index contributed by atoms with van der Waals surface area (Å²) >= 11 is 0. The van der Waals surface area contributed by atoms with Crippen molar-refractivity contribution < 1.29 is 4.79 Å². The third kappa shape index (κ3) is 2.50. The molecular formula is C16H23N7O. The number of aromatic nitrogens is 4. The van der Waals surface area contributed by atoms with Crippen LogP contribution >= 0.6 is 0 Å². The fourth-order valence-corrected chi connectivity index (χ4v) is 4.03. The monoisotopic (exact) mass is 329 g/mol. The number of hydrogen-bond acceptors (Lipinski definition) is 6. The van der Waals surface area contributed by atoms with Crippen LogP contribution in [0.5, 0.6) is 0 Å². The Bertz CT molecular complexity index is 729. The number of fused-ring (bicyclic) bond motifs is 1. The second-order valence-corrected chi connectivity index (χ2v) is 6.76. The highest BCUT2D eigenvalue weighted by Gasteiger charge is 2.45. The Hall–Kier alpha value is -2.22. The van der Waals surface area contributed by atoms with E-state index in [1.165, 1.54) is 6.42 Å². The molecule has 2 aromatic heterocycles. The van der Waals surface area contributed by atoms with E-state index in [9.17, 15) is 4.79 Å². The molecule has 0 saturated carbocycles. The summed E-state index contributed by atoms with van der Waals surface area (Å²) in [5.41, 5.74) is 6.09. The van der Waals surface area contributed by atoms with E-state index in [2.05, 4.69) is 25.1 Å². The van der Waals surface area contributed by atoms with Crippen molar-refractivity contribution in [2.75, 3.05) is 31.1 Å². The van der Waals surface area contributed by atoms with E-state index in [0.29, 0.717) is 0 Å². The summed E-state index contributed by atoms with van der Waals surface area (Å²) in [6.07, 6.45) is 6.67. The van der Waals surface area contributed by atoms with E-state index in [0.717, 1.165) is 63.3 Å². The molecule has 2 aliphatic heterocycles. The predicted molar refractivity (Wildman–Crippen MR) is 89.6 cm³/mol. The van der Waals surface area contributed by atoms with Crippen molar-refractivity contribution in [2.45, 2.75) is 37.6 Å². The normalized spacial score (nSPS) is 21.9. The molecule has 0 unspecified atom stereocenters. The molecule has 4 heterocycles. The van der Waals surface area contributed by atoms with E-state index in [1.54, 1.807) is 10.8 Å². The fourth-order valence-electron chi connectivity index (χ4n) is 4.03. The Balaban J connectivity index is 1.52. The van der Waals surface area contributed by atoms with Crippen molar-refractivity contribution in [3.05, 3.63) is 18.5 Å². The summed E-state index contributed by atoms with van der Waals surface area (Å²) < 4.78 is 1.68. The van der Waals surface area contributed by atoms with Gasteiger partial charge in [-0.3, -0.25) is 9.69 Å². The molecule has 8 heteroatoms. The molecule has 2 saturated heterocycles. The van der Waals surface area contributed by atoms with Crippen LogP contribution in [0.15, 0.2) is 18.5 Å². The molecule has 1 amide bonds. The van der Waals surface area contributed by atoms with E-state index in [1.807, 2.05) is 12.1 Å². The number of rotatable bonds is 3. The van der Waals surface area contributed by atoms with Crippen LogP contribution in [0.4, 0.5) is 5.82 Å². The average Bonchev–Trinajstić information content (AvgIpc) is 3.10. The van der Waals surface area contributed by atoms with E-state index in [4.69, 9.17) is 5.73 Å². The van der Waals surface area contributed by atoms with Crippen molar-refractivity contribution in [2.24, 2.45) is 5.73 Å². The lowest BCUT2D eigenvalue weighted by Gasteiger charge is -2.48. The summed E-state index contributed by atoms with van der Waals surface area (Å²) in [5, 5.41) is 12.4. The first-order chi connectivity index (χ1) is 11.7. The van der Waals surface area contributed by atoms with Gasteiger partial charge in [-0.05, 0) is 50.9 Å². The fraction of sp³-hybridized carbons (Fsp3) is 0.625. The number of carbonyl (C=O) groups excluding carboxylic acids is 1. The zero-order valence-electron chi connectivity index (χ0n) is 13.8. The van der Waals surface area contributed by atoms with Gasteiger partial charge < -0.3 is 10.6 Å². The van der Waals surface area contributed by atoms with Crippen LogP contribution in [0.1, 0.15) is 32.1 Å². The van der Waals surface area contributed by atoms with E-state index in [-0.39, 0.29) is 5.91 Å². The van der Waals surface area contributed by atoms with Gasteiger partial charge in [0, 0.05) is 13.1 Å². The van der Waals surface area contributed by atoms with Gasteiger partial charge in [0.1, 0.15) is 17.7 Å². The Morgan fingerprint density at radius 3 is 2.54 bits per heavy atom. The lowest BCUT2D eigenvalue weighted by molar-refractivity contribution is -0.132. The number of anilines is 1. The number of amides is 1. The first-order valence-electron chi connectivity index (χ1n) is 8.66. The second kappa shape index (κ2) is 6.01. The lowest BCUT2D eigenvalue weighted by atomic mass is 9.83. The minimum Gasteiger partial charge on any atom is -0.368 e. The van der Waals surface area contributed by atoms with Crippen molar-refractivity contribution >= 4 is 17.4 Å². The molecular weight excluding hydrogens is 306 g/mol. The van der Waals surface area contributed by atoms with Gasteiger partial charge in [0.15, 0.2) is 5.65 Å². The van der Waals surface area contributed by atoms with Crippen LogP contribution < -0.4 is 10.6 Å². The predicted octanol–water partition coefficient (Wildman–Crippen LogP) is 0.434. The highest BCUT2D eigenvalue weighted by atomic mass is 16.1.